The van der Waals surface area contributed by atoms with Gasteiger partial charge in [0.2, 0.25) is 11.8 Å². The van der Waals surface area contributed by atoms with E-state index in [2.05, 4.69) is 5.32 Å². The van der Waals surface area contributed by atoms with Crippen LogP contribution in [-0.4, -0.2) is 37.4 Å². The first-order valence-electron chi connectivity index (χ1n) is 7.00. The number of carbonyl (C=O) groups is 2. The fourth-order valence-electron chi connectivity index (χ4n) is 1.86. The molecule has 1 aromatic carbocycles. The molecule has 1 aromatic rings. The minimum atomic E-state index is -0.301. The highest BCUT2D eigenvalue weighted by atomic mass is 35.5. The lowest BCUT2D eigenvalue weighted by atomic mass is 9.92. The zero-order valence-corrected chi connectivity index (χ0v) is 14.5. The minimum absolute atomic E-state index is 0.0232. The highest BCUT2D eigenvalue weighted by molar-refractivity contribution is 6.31. The Morgan fingerprint density at radius 3 is 2.50 bits per heavy atom. The molecular formula is C16H23ClN2O3. The van der Waals surface area contributed by atoms with Gasteiger partial charge in [-0.25, -0.2) is 0 Å². The van der Waals surface area contributed by atoms with Gasteiger partial charge < -0.3 is 15.0 Å². The van der Waals surface area contributed by atoms with E-state index < -0.39 is 0 Å². The first-order chi connectivity index (χ1) is 10.1. The Morgan fingerprint density at radius 1 is 1.32 bits per heavy atom. The molecule has 2 amide bonds. The van der Waals surface area contributed by atoms with Crippen LogP contribution >= 0.6 is 11.6 Å². The summed E-state index contributed by atoms with van der Waals surface area (Å²) in [6.07, 6.45) is 0.386. The van der Waals surface area contributed by atoms with E-state index in [1.807, 2.05) is 20.8 Å². The summed E-state index contributed by atoms with van der Waals surface area (Å²) in [5.74, 6) is 0.146. The van der Waals surface area contributed by atoms with Gasteiger partial charge in [0, 0.05) is 18.5 Å². The van der Waals surface area contributed by atoms with Crippen molar-refractivity contribution in [3.8, 4) is 5.75 Å². The molecule has 0 fully saturated rings. The number of methoxy groups -OCH3 is 1. The van der Waals surface area contributed by atoms with Gasteiger partial charge in [-0.05, 0) is 23.6 Å². The lowest BCUT2D eigenvalue weighted by Gasteiger charge is -2.23. The van der Waals surface area contributed by atoms with Crippen LogP contribution in [0.2, 0.25) is 5.02 Å². The first kappa shape index (κ1) is 18.3. The molecule has 22 heavy (non-hydrogen) atoms. The molecule has 0 aliphatic heterocycles. The van der Waals surface area contributed by atoms with E-state index in [9.17, 15) is 9.59 Å². The second kappa shape index (κ2) is 7.49. The first-order valence-corrected chi connectivity index (χ1v) is 7.37. The summed E-state index contributed by atoms with van der Waals surface area (Å²) < 4.78 is 5.17. The van der Waals surface area contributed by atoms with Crippen molar-refractivity contribution in [3.63, 3.8) is 0 Å². The zero-order chi connectivity index (χ0) is 16.9. The Balaban J connectivity index is 2.67. The number of rotatable bonds is 5. The Labute approximate surface area is 136 Å². The van der Waals surface area contributed by atoms with Gasteiger partial charge in [0.05, 0.1) is 19.3 Å². The van der Waals surface area contributed by atoms with Crippen LogP contribution in [0.1, 0.15) is 27.2 Å². The summed E-state index contributed by atoms with van der Waals surface area (Å²) >= 11 is 5.91. The fourth-order valence-corrected chi connectivity index (χ4v) is 2.03. The fraction of sp³-hybridized carbons (Fsp3) is 0.500. The molecule has 0 atom stereocenters. The number of hydrogen-bond acceptors (Lipinski definition) is 3. The molecule has 0 heterocycles. The van der Waals surface area contributed by atoms with Crippen LogP contribution in [0, 0.1) is 5.41 Å². The van der Waals surface area contributed by atoms with E-state index in [4.69, 9.17) is 16.3 Å². The van der Waals surface area contributed by atoms with E-state index in [-0.39, 0.29) is 23.8 Å². The van der Waals surface area contributed by atoms with E-state index in [0.717, 1.165) is 0 Å². The van der Waals surface area contributed by atoms with Gasteiger partial charge in [0.1, 0.15) is 5.75 Å². The summed E-state index contributed by atoms with van der Waals surface area (Å²) in [4.78, 5) is 25.5. The van der Waals surface area contributed by atoms with Gasteiger partial charge in [-0.3, -0.25) is 9.59 Å². The van der Waals surface area contributed by atoms with Crippen LogP contribution < -0.4 is 10.1 Å². The third-order valence-electron chi connectivity index (χ3n) is 2.92. The molecule has 0 bridgehead atoms. The normalized spacial score (nSPS) is 11.0. The third-order valence-corrected chi connectivity index (χ3v) is 3.16. The largest absolute Gasteiger partial charge is 0.495 e. The lowest BCUT2D eigenvalue weighted by molar-refractivity contribution is -0.134. The van der Waals surface area contributed by atoms with E-state index in [0.29, 0.717) is 22.9 Å². The lowest BCUT2D eigenvalue weighted by Crippen LogP contribution is -2.36. The van der Waals surface area contributed by atoms with Crippen LogP contribution in [0.4, 0.5) is 5.69 Å². The van der Waals surface area contributed by atoms with E-state index in [1.165, 1.54) is 12.0 Å². The predicted molar refractivity (Wildman–Crippen MR) is 88.3 cm³/mol. The molecule has 5 nitrogen and oxygen atoms in total. The molecule has 1 N–H and O–H groups in total. The molecule has 0 spiro atoms. The number of nitrogens with one attached hydrogen (secondary N) is 1. The number of carbonyl (C=O) groups excluding carboxylic acids is 2. The maximum atomic E-state index is 12.1. The SMILES string of the molecule is COc1ccc(Cl)cc1NC(=O)CN(C)C(=O)CC(C)(C)C. The molecule has 0 aliphatic carbocycles. The van der Waals surface area contributed by atoms with Crippen molar-refractivity contribution in [3.05, 3.63) is 23.2 Å². The molecule has 0 saturated heterocycles. The van der Waals surface area contributed by atoms with Crippen LogP contribution in [-0.2, 0) is 9.59 Å². The van der Waals surface area contributed by atoms with Crippen molar-refractivity contribution in [1.29, 1.82) is 0 Å². The maximum Gasteiger partial charge on any atom is 0.244 e. The molecular weight excluding hydrogens is 304 g/mol. The highest BCUT2D eigenvalue weighted by Crippen LogP contribution is 2.27. The van der Waals surface area contributed by atoms with E-state index >= 15 is 0 Å². The van der Waals surface area contributed by atoms with Crippen molar-refractivity contribution < 1.29 is 14.3 Å². The van der Waals surface area contributed by atoms with E-state index in [1.54, 1.807) is 25.2 Å². The number of benzene rings is 1. The molecule has 122 valence electrons. The summed E-state index contributed by atoms with van der Waals surface area (Å²) in [6.45, 7) is 5.92. The topological polar surface area (TPSA) is 58.6 Å². The van der Waals surface area contributed by atoms with Gasteiger partial charge in [-0.15, -0.1) is 0 Å². The second-order valence-electron chi connectivity index (χ2n) is 6.38. The molecule has 0 aliphatic rings. The van der Waals surface area contributed by atoms with Crippen molar-refractivity contribution in [1.82, 2.24) is 4.90 Å². The zero-order valence-electron chi connectivity index (χ0n) is 13.7. The standard InChI is InChI=1S/C16H23ClN2O3/c1-16(2,3)9-15(21)19(4)10-14(20)18-12-8-11(17)6-7-13(12)22-5/h6-8H,9-10H2,1-5H3,(H,18,20). The molecule has 0 radical (unpaired) electrons. The average Bonchev–Trinajstić information content (AvgIpc) is 2.36. The van der Waals surface area contributed by atoms with Crippen molar-refractivity contribution in [2.24, 2.45) is 5.41 Å². The number of ether oxygens (including phenoxy) is 1. The Bertz CT molecular complexity index is 553. The van der Waals surface area contributed by atoms with Gasteiger partial charge in [-0.1, -0.05) is 32.4 Å². The maximum absolute atomic E-state index is 12.1. The van der Waals surface area contributed by atoms with Crippen LogP contribution in [0.25, 0.3) is 0 Å². The number of amides is 2. The van der Waals surface area contributed by atoms with Crippen LogP contribution in [0.15, 0.2) is 18.2 Å². The second-order valence-corrected chi connectivity index (χ2v) is 6.82. The number of anilines is 1. The molecule has 0 aromatic heterocycles. The Hall–Kier alpha value is -1.75. The Kier molecular flexibility index (Phi) is 6.23. The summed E-state index contributed by atoms with van der Waals surface area (Å²) in [5, 5.41) is 3.20. The molecule has 0 saturated carbocycles. The third kappa shape index (κ3) is 5.93. The predicted octanol–water partition coefficient (Wildman–Crippen LogP) is 3.18. The average molecular weight is 327 g/mol. The Morgan fingerprint density at radius 2 is 1.95 bits per heavy atom. The number of halogens is 1. The van der Waals surface area contributed by atoms with Crippen LogP contribution in [0.5, 0.6) is 5.75 Å². The van der Waals surface area contributed by atoms with Crippen molar-refractivity contribution in [2.75, 3.05) is 26.0 Å². The van der Waals surface area contributed by atoms with Gasteiger partial charge in [0.25, 0.3) is 0 Å². The van der Waals surface area contributed by atoms with Crippen LogP contribution in [0.3, 0.4) is 0 Å². The molecule has 1 rings (SSSR count). The molecule has 0 unspecified atom stereocenters. The van der Waals surface area contributed by atoms with Crippen molar-refractivity contribution >= 4 is 29.1 Å². The summed E-state index contributed by atoms with van der Waals surface area (Å²) in [7, 11) is 3.13. The quantitative estimate of drug-likeness (QED) is 0.904. The summed E-state index contributed by atoms with van der Waals surface area (Å²) in [5.41, 5.74) is 0.370. The number of nitrogens with zero attached hydrogens (tertiary/aromatic N) is 1. The van der Waals surface area contributed by atoms with Gasteiger partial charge >= 0.3 is 0 Å². The van der Waals surface area contributed by atoms with Gasteiger partial charge in [0.15, 0.2) is 0 Å². The number of hydrogen-bond donors (Lipinski definition) is 1. The summed E-state index contributed by atoms with van der Waals surface area (Å²) in [6, 6.07) is 4.96. The molecule has 6 heteroatoms. The smallest absolute Gasteiger partial charge is 0.244 e. The van der Waals surface area contributed by atoms with Gasteiger partial charge in [-0.2, -0.15) is 0 Å². The number of likely N-dealkylation sites (N-methyl/N-ethyl adjacent to an activating group) is 1. The minimum Gasteiger partial charge on any atom is -0.495 e. The highest BCUT2D eigenvalue weighted by Gasteiger charge is 2.20. The van der Waals surface area contributed by atoms with Crippen molar-refractivity contribution in [2.45, 2.75) is 27.2 Å². The monoisotopic (exact) mass is 326 g/mol.